The number of quaternary nitrogens is 1. The largest absolute Gasteiger partial charge is 1.00 e. The zero-order valence-electron chi connectivity index (χ0n) is 19.7. The molecule has 5 heteroatoms. The fraction of sp³-hybridized carbons (Fsp3) is 0.345. The van der Waals surface area contributed by atoms with Crippen molar-refractivity contribution < 1.29 is 43.1 Å². The summed E-state index contributed by atoms with van der Waals surface area (Å²) in [6, 6.07) is 29.4. The Morgan fingerprint density at radius 2 is 1.41 bits per heavy atom. The fourth-order valence-electron chi connectivity index (χ4n) is 6.16. The fourth-order valence-corrected chi connectivity index (χ4v) is 6.16. The quantitative estimate of drug-likeness (QED) is 0.280. The Balaban J connectivity index is 0.00000274. The third-order valence-corrected chi connectivity index (χ3v) is 8.15. The van der Waals surface area contributed by atoms with Gasteiger partial charge in [-0.1, -0.05) is 91.0 Å². The third-order valence-electron chi connectivity index (χ3n) is 8.15. The van der Waals surface area contributed by atoms with Crippen molar-refractivity contribution in [2.24, 2.45) is 5.92 Å². The minimum absolute atomic E-state index is 0. The number of esters is 1. The summed E-state index contributed by atoms with van der Waals surface area (Å²) in [7, 11) is 2.29. The second-order valence-electron chi connectivity index (χ2n) is 9.83. The molecule has 1 saturated carbocycles. The van der Waals surface area contributed by atoms with Crippen molar-refractivity contribution >= 4 is 5.97 Å². The lowest BCUT2D eigenvalue weighted by atomic mass is 9.86. The van der Waals surface area contributed by atoms with Crippen LogP contribution in [0, 0.1) is 5.92 Å². The number of aliphatic hydroxyl groups is 1. The van der Waals surface area contributed by atoms with E-state index in [9.17, 15) is 9.90 Å². The number of halogens is 1. The van der Waals surface area contributed by atoms with E-state index in [0.29, 0.717) is 23.1 Å². The molecule has 2 aliphatic rings. The maximum absolute atomic E-state index is 13.7. The van der Waals surface area contributed by atoms with Gasteiger partial charge >= 0.3 is 5.97 Å². The average molecular weight is 569 g/mol. The molecule has 1 N–H and O–H groups in total. The van der Waals surface area contributed by atoms with E-state index >= 15 is 0 Å². The van der Waals surface area contributed by atoms with Crippen LogP contribution in [0.25, 0.3) is 0 Å². The van der Waals surface area contributed by atoms with Crippen LogP contribution in [0.3, 0.4) is 0 Å². The van der Waals surface area contributed by atoms with Crippen LogP contribution in [-0.4, -0.2) is 41.3 Å². The number of piperidine rings is 1. The lowest BCUT2D eigenvalue weighted by molar-refractivity contribution is -0.954. The molecular weight excluding hydrogens is 537 g/mol. The maximum Gasteiger partial charge on any atom is 0.348 e. The molecule has 0 amide bonds. The Kier molecular flexibility index (Phi) is 7.17. The molecule has 178 valence electrons. The zero-order valence-corrected chi connectivity index (χ0v) is 21.8. The van der Waals surface area contributed by atoms with Gasteiger partial charge in [0.1, 0.15) is 12.1 Å². The molecule has 1 aliphatic heterocycles. The maximum atomic E-state index is 13.7. The molecule has 5 rings (SSSR count). The minimum atomic E-state index is -1.83. The molecule has 0 radical (unpaired) electrons. The highest BCUT2D eigenvalue weighted by atomic mass is 127. The Hall–Kier alpha value is -2.22. The number of carbonyl (C=O) groups excluding carboxylic acids is 1. The van der Waals surface area contributed by atoms with Crippen LogP contribution < -0.4 is 24.0 Å². The third kappa shape index (κ3) is 4.08. The van der Waals surface area contributed by atoms with Crippen LogP contribution in [0.4, 0.5) is 0 Å². The van der Waals surface area contributed by atoms with Gasteiger partial charge in [-0.05, 0) is 24.5 Å². The first-order valence-corrected chi connectivity index (χ1v) is 11.9. The van der Waals surface area contributed by atoms with Gasteiger partial charge in [-0.3, -0.25) is 0 Å². The number of likely N-dealkylation sites (tertiary alicyclic amines) is 1. The van der Waals surface area contributed by atoms with E-state index in [1.165, 1.54) is 5.56 Å². The van der Waals surface area contributed by atoms with Gasteiger partial charge in [0.05, 0.1) is 19.5 Å². The van der Waals surface area contributed by atoms with Gasteiger partial charge in [0.2, 0.25) is 5.60 Å². The Labute approximate surface area is 219 Å². The molecule has 5 atom stereocenters. The predicted molar refractivity (Wildman–Crippen MR) is 128 cm³/mol. The number of rotatable bonds is 6. The summed E-state index contributed by atoms with van der Waals surface area (Å²) in [4.78, 5) is 13.7. The number of benzene rings is 3. The number of carbonyl (C=O) groups is 1. The Bertz CT molecular complexity index is 1070. The molecule has 1 heterocycles. The van der Waals surface area contributed by atoms with E-state index in [-0.39, 0.29) is 36.1 Å². The molecule has 2 fully saturated rings. The first-order valence-electron chi connectivity index (χ1n) is 11.9. The molecule has 34 heavy (non-hydrogen) atoms. The normalized spacial score (nSPS) is 26.5. The molecular formula is C29H32INO3. The SMILES string of the molecule is C[C@@H](c1ccccc1)[N+]1(C)CC2CC[C@@H]1C2OC(=O)C(O)(c1ccccc1)c1ccccc1.[I-]. The lowest BCUT2D eigenvalue weighted by Gasteiger charge is -2.43. The first-order chi connectivity index (χ1) is 15.9. The van der Waals surface area contributed by atoms with Gasteiger partial charge in [-0.15, -0.1) is 0 Å². The number of nitrogens with zero attached hydrogens (tertiary/aromatic N) is 1. The molecule has 1 saturated heterocycles. The average Bonchev–Trinajstić information content (AvgIpc) is 3.38. The predicted octanol–water partition coefficient (Wildman–Crippen LogP) is 1.84. The van der Waals surface area contributed by atoms with Crippen LogP contribution in [0.5, 0.6) is 0 Å². The minimum Gasteiger partial charge on any atom is -1.00 e. The van der Waals surface area contributed by atoms with Crippen molar-refractivity contribution in [3.63, 3.8) is 0 Å². The second-order valence-corrected chi connectivity index (χ2v) is 9.83. The second kappa shape index (κ2) is 9.80. The van der Waals surface area contributed by atoms with Crippen LogP contribution in [0.2, 0.25) is 0 Å². The molecule has 3 aromatic rings. The van der Waals surface area contributed by atoms with Gasteiger partial charge in [0.15, 0.2) is 6.10 Å². The van der Waals surface area contributed by atoms with Crippen LogP contribution >= 0.6 is 0 Å². The molecule has 3 unspecified atom stereocenters. The molecule has 2 bridgehead atoms. The van der Waals surface area contributed by atoms with E-state index in [4.69, 9.17) is 4.74 Å². The first kappa shape index (κ1) is 24.9. The highest BCUT2D eigenvalue weighted by Crippen LogP contribution is 2.49. The Morgan fingerprint density at radius 1 is 0.912 bits per heavy atom. The van der Waals surface area contributed by atoms with E-state index in [0.717, 1.165) is 23.9 Å². The summed E-state index contributed by atoms with van der Waals surface area (Å²) in [6.45, 7) is 3.26. The van der Waals surface area contributed by atoms with Crippen molar-refractivity contribution in [2.75, 3.05) is 13.6 Å². The standard InChI is InChI=1S/C29H32NO3.HI/c1-21(22-12-6-3-7-13-22)30(2)20-23-18-19-26(30)27(23)33-28(31)29(32,24-14-8-4-9-15-24)25-16-10-5-11-17-25;/h3-17,21,23,26-27,32H,18-20H2,1-2H3;1H/q+1;/p-1/t21-,23?,26+,27?,30?;/m0./s1. The highest BCUT2D eigenvalue weighted by molar-refractivity contribution is 5.85. The van der Waals surface area contributed by atoms with E-state index < -0.39 is 11.6 Å². The van der Waals surface area contributed by atoms with Crippen LogP contribution in [0.15, 0.2) is 91.0 Å². The molecule has 1 aliphatic carbocycles. The van der Waals surface area contributed by atoms with Crippen molar-refractivity contribution in [3.8, 4) is 0 Å². The van der Waals surface area contributed by atoms with Gasteiger partial charge in [-0.2, -0.15) is 0 Å². The summed E-state index contributed by atoms with van der Waals surface area (Å²) in [5, 5.41) is 11.8. The number of hydrogen-bond acceptors (Lipinski definition) is 3. The number of ether oxygens (including phenoxy) is 1. The summed E-state index contributed by atoms with van der Waals surface area (Å²) in [5.74, 6) is -0.270. The molecule has 0 spiro atoms. The zero-order chi connectivity index (χ0) is 23.1. The number of hydrogen-bond donors (Lipinski definition) is 1. The van der Waals surface area contributed by atoms with Crippen molar-refractivity contribution in [2.45, 2.75) is 43.6 Å². The number of fused-ring (bicyclic) bond motifs is 2. The summed E-state index contributed by atoms with van der Waals surface area (Å²) in [6.07, 6.45) is 1.91. The van der Waals surface area contributed by atoms with Crippen molar-refractivity contribution in [3.05, 3.63) is 108 Å². The monoisotopic (exact) mass is 569 g/mol. The summed E-state index contributed by atoms with van der Waals surface area (Å²) < 4.78 is 7.11. The molecule has 3 aromatic carbocycles. The van der Waals surface area contributed by atoms with Gasteiger partial charge in [0, 0.05) is 12.0 Å². The highest BCUT2D eigenvalue weighted by Gasteiger charge is 2.61. The lowest BCUT2D eigenvalue weighted by Crippen LogP contribution is -3.00. The molecule has 0 aromatic heterocycles. The Morgan fingerprint density at radius 3 is 1.94 bits per heavy atom. The van der Waals surface area contributed by atoms with Gasteiger partial charge in [0.25, 0.3) is 0 Å². The van der Waals surface area contributed by atoms with E-state index in [1.807, 2.05) is 42.5 Å². The van der Waals surface area contributed by atoms with Gasteiger partial charge in [-0.25, -0.2) is 4.79 Å². The molecule has 4 nitrogen and oxygen atoms in total. The summed E-state index contributed by atoms with van der Waals surface area (Å²) in [5.41, 5.74) is 0.532. The number of likely N-dealkylation sites (N-methyl/N-ethyl adjacent to an activating group) is 1. The van der Waals surface area contributed by atoms with Crippen LogP contribution in [-0.2, 0) is 15.1 Å². The van der Waals surface area contributed by atoms with Gasteiger partial charge < -0.3 is 38.3 Å². The smallest absolute Gasteiger partial charge is 0.348 e. The summed E-state index contributed by atoms with van der Waals surface area (Å²) >= 11 is 0. The van der Waals surface area contributed by atoms with E-state index in [2.05, 4.69) is 38.2 Å². The topological polar surface area (TPSA) is 46.5 Å². The van der Waals surface area contributed by atoms with Crippen molar-refractivity contribution in [1.29, 1.82) is 0 Å². The van der Waals surface area contributed by atoms with E-state index in [1.54, 1.807) is 24.3 Å². The van der Waals surface area contributed by atoms with Crippen molar-refractivity contribution in [1.82, 2.24) is 0 Å². The van der Waals surface area contributed by atoms with Crippen LogP contribution in [0.1, 0.15) is 42.5 Å².